The number of carbonyl (C=O) groups is 1. The number of hydrogen-bond donors (Lipinski definition) is 2. The van der Waals surface area contributed by atoms with Crippen LogP contribution in [-0.4, -0.2) is 29.1 Å². The lowest BCUT2D eigenvalue weighted by Crippen LogP contribution is -2.41. The first-order valence-electron chi connectivity index (χ1n) is 7.48. The largest absolute Gasteiger partial charge is 0.508 e. The normalized spacial score (nSPS) is 12.0. The van der Waals surface area contributed by atoms with Crippen molar-refractivity contribution in [3.05, 3.63) is 51.2 Å². The number of rotatable bonds is 6. The molecule has 0 fully saturated rings. The molecule has 1 aromatic heterocycles. The van der Waals surface area contributed by atoms with Gasteiger partial charge in [-0.25, -0.2) is 4.79 Å². The number of hydrogen-bond acceptors (Lipinski definition) is 3. The van der Waals surface area contributed by atoms with E-state index in [9.17, 15) is 9.90 Å². The Morgan fingerprint density at radius 2 is 2.00 bits per heavy atom. The van der Waals surface area contributed by atoms with Crippen LogP contribution in [0.15, 0.2) is 36.4 Å². The maximum atomic E-state index is 12.2. The van der Waals surface area contributed by atoms with Crippen LogP contribution in [0.4, 0.5) is 4.79 Å². The maximum absolute atomic E-state index is 12.2. The lowest BCUT2D eigenvalue weighted by molar-refractivity contribution is 0.203. The highest BCUT2D eigenvalue weighted by Gasteiger charge is 2.13. The van der Waals surface area contributed by atoms with E-state index in [1.165, 1.54) is 11.3 Å². The molecule has 0 aliphatic rings. The van der Waals surface area contributed by atoms with Gasteiger partial charge in [0.25, 0.3) is 0 Å². The highest BCUT2D eigenvalue weighted by atomic mass is 35.5. The van der Waals surface area contributed by atoms with Crippen molar-refractivity contribution in [2.45, 2.75) is 32.4 Å². The second-order valence-electron chi connectivity index (χ2n) is 5.62. The molecule has 0 radical (unpaired) electrons. The second-order valence-corrected chi connectivity index (χ2v) is 7.42. The van der Waals surface area contributed by atoms with E-state index in [2.05, 4.69) is 5.32 Å². The number of carbonyl (C=O) groups excluding carboxylic acids is 1. The molecule has 23 heavy (non-hydrogen) atoms. The fraction of sp³-hybridized carbons (Fsp3) is 0.353. The van der Waals surface area contributed by atoms with Crippen LogP contribution in [0.2, 0.25) is 4.34 Å². The molecule has 2 rings (SSSR count). The molecule has 1 aromatic carbocycles. The van der Waals surface area contributed by atoms with Crippen LogP contribution in [-0.2, 0) is 13.0 Å². The van der Waals surface area contributed by atoms with Gasteiger partial charge in [-0.15, -0.1) is 11.3 Å². The molecular weight excluding hydrogens is 332 g/mol. The van der Waals surface area contributed by atoms with Crippen molar-refractivity contribution in [2.75, 3.05) is 7.05 Å². The lowest BCUT2D eigenvalue weighted by atomic mass is 10.1. The fourth-order valence-corrected chi connectivity index (χ4v) is 3.32. The topological polar surface area (TPSA) is 52.6 Å². The number of aromatic hydroxyl groups is 1. The van der Waals surface area contributed by atoms with Gasteiger partial charge >= 0.3 is 6.03 Å². The molecule has 2 N–H and O–H groups in total. The number of thiophene rings is 1. The van der Waals surface area contributed by atoms with Crippen molar-refractivity contribution < 1.29 is 9.90 Å². The molecule has 0 saturated heterocycles. The van der Waals surface area contributed by atoms with Crippen molar-refractivity contribution in [1.82, 2.24) is 10.2 Å². The van der Waals surface area contributed by atoms with Gasteiger partial charge in [-0.05, 0) is 49.6 Å². The van der Waals surface area contributed by atoms with Gasteiger partial charge in [0.1, 0.15) is 5.75 Å². The number of aryl methyl sites for hydroxylation is 1. The Bertz CT molecular complexity index is 642. The summed E-state index contributed by atoms with van der Waals surface area (Å²) < 4.78 is 0.732. The van der Waals surface area contributed by atoms with Crippen molar-refractivity contribution in [1.29, 1.82) is 0 Å². The SMILES string of the molecule is CC(CCc1ccc(O)cc1)NC(=O)N(C)Cc1ccc(Cl)s1. The molecule has 1 heterocycles. The zero-order valence-electron chi connectivity index (χ0n) is 13.3. The van der Waals surface area contributed by atoms with Crippen LogP contribution in [0.25, 0.3) is 0 Å². The predicted molar refractivity (Wildman–Crippen MR) is 95.2 cm³/mol. The Labute approximate surface area is 145 Å². The number of urea groups is 1. The first-order chi connectivity index (χ1) is 10.9. The summed E-state index contributed by atoms with van der Waals surface area (Å²) in [4.78, 5) is 14.9. The number of nitrogens with zero attached hydrogens (tertiary/aromatic N) is 1. The minimum atomic E-state index is -0.0901. The van der Waals surface area contributed by atoms with E-state index in [1.807, 2.05) is 31.2 Å². The van der Waals surface area contributed by atoms with Crippen molar-refractivity contribution >= 4 is 29.0 Å². The van der Waals surface area contributed by atoms with E-state index in [0.29, 0.717) is 6.54 Å². The van der Waals surface area contributed by atoms with Gasteiger partial charge in [0.2, 0.25) is 0 Å². The van der Waals surface area contributed by atoms with Gasteiger partial charge in [0.05, 0.1) is 10.9 Å². The number of amides is 2. The smallest absolute Gasteiger partial charge is 0.317 e. The zero-order valence-corrected chi connectivity index (χ0v) is 14.8. The van der Waals surface area contributed by atoms with E-state index in [1.54, 1.807) is 24.1 Å². The molecule has 1 atom stereocenters. The summed E-state index contributed by atoms with van der Waals surface area (Å²) >= 11 is 7.39. The molecule has 0 bridgehead atoms. The highest BCUT2D eigenvalue weighted by molar-refractivity contribution is 7.16. The van der Waals surface area contributed by atoms with Gasteiger partial charge in [-0.1, -0.05) is 23.7 Å². The molecule has 6 heteroatoms. The molecule has 4 nitrogen and oxygen atoms in total. The minimum Gasteiger partial charge on any atom is -0.508 e. The average molecular weight is 353 g/mol. The molecule has 0 aliphatic heterocycles. The molecule has 2 aromatic rings. The first kappa shape index (κ1) is 17.6. The fourth-order valence-electron chi connectivity index (χ4n) is 2.18. The van der Waals surface area contributed by atoms with Gasteiger partial charge in [0, 0.05) is 18.0 Å². The van der Waals surface area contributed by atoms with E-state index < -0.39 is 0 Å². The van der Waals surface area contributed by atoms with Crippen LogP contribution in [0.1, 0.15) is 23.8 Å². The third-order valence-corrected chi connectivity index (χ3v) is 4.76. The van der Waals surface area contributed by atoms with Crippen LogP contribution < -0.4 is 5.32 Å². The molecule has 0 spiro atoms. The summed E-state index contributed by atoms with van der Waals surface area (Å²) in [6.45, 7) is 2.54. The minimum absolute atomic E-state index is 0.0747. The number of phenols is 1. The molecule has 0 saturated carbocycles. The van der Waals surface area contributed by atoms with Crippen LogP contribution in [0.5, 0.6) is 5.75 Å². The summed E-state index contributed by atoms with van der Waals surface area (Å²) in [6, 6.07) is 10.9. The number of nitrogens with one attached hydrogen (secondary N) is 1. The van der Waals surface area contributed by atoms with E-state index in [0.717, 1.165) is 27.6 Å². The number of halogens is 1. The predicted octanol–water partition coefficient (Wildman–Crippen LogP) is 4.27. The highest BCUT2D eigenvalue weighted by Crippen LogP contribution is 2.22. The first-order valence-corrected chi connectivity index (χ1v) is 8.67. The summed E-state index contributed by atoms with van der Waals surface area (Å²) in [5, 5.41) is 12.3. The Kier molecular flexibility index (Phi) is 6.30. The number of phenolic OH excluding ortho intramolecular Hbond substituents is 1. The maximum Gasteiger partial charge on any atom is 0.317 e. The second kappa shape index (κ2) is 8.22. The summed E-state index contributed by atoms with van der Waals surface area (Å²) in [5.41, 5.74) is 1.14. The van der Waals surface area contributed by atoms with E-state index in [-0.39, 0.29) is 17.8 Å². The molecular formula is C17H21ClN2O2S. The third-order valence-electron chi connectivity index (χ3n) is 3.54. The molecule has 2 amide bonds. The third kappa shape index (κ3) is 5.77. The van der Waals surface area contributed by atoms with Crippen LogP contribution in [0, 0.1) is 0 Å². The summed E-state index contributed by atoms with van der Waals surface area (Å²) in [7, 11) is 1.77. The standard InChI is InChI=1S/C17H21ClN2O2S/c1-12(3-4-13-5-7-14(21)8-6-13)19-17(22)20(2)11-15-9-10-16(18)23-15/h5-10,12,21H,3-4,11H2,1-2H3,(H,19,22). The Morgan fingerprint density at radius 1 is 1.30 bits per heavy atom. The average Bonchev–Trinajstić information content (AvgIpc) is 2.91. The Balaban J connectivity index is 1.76. The molecule has 124 valence electrons. The quantitative estimate of drug-likeness (QED) is 0.815. The van der Waals surface area contributed by atoms with Crippen LogP contribution in [0.3, 0.4) is 0 Å². The number of benzene rings is 1. The lowest BCUT2D eigenvalue weighted by Gasteiger charge is -2.21. The van der Waals surface area contributed by atoms with Crippen LogP contribution >= 0.6 is 22.9 Å². The van der Waals surface area contributed by atoms with Gasteiger partial charge < -0.3 is 15.3 Å². The Hall–Kier alpha value is -1.72. The van der Waals surface area contributed by atoms with Gasteiger partial charge in [-0.2, -0.15) is 0 Å². The van der Waals surface area contributed by atoms with Gasteiger partial charge in [0.15, 0.2) is 0 Å². The Morgan fingerprint density at radius 3 is 2.61 bits per heavy atom. The molecule has 0 aliphatic carbocycles. The monoisotopic (exact) mass is 352 g/mol. The van der Waals surface area contributed by atoms with Crippen molar-refractivity contribution in [2.24, 2.45) is 0 Å². The van der Waals surface area contributed by atoms with Crippen molar-refractivity contribution in [3.63, 3.8) is 0 Å². The van der Waals surface area contributed by atoms with E-state index >= 15 is 0 Å². The summed E-state index contributed by atoms with van der Waals surface area (Å²) in [6.07, 6.45) is 1.70. The molecule has 1 unspecified atom stereocenters. The van der Waals surface area contributed by atoms with Crippen molar-refractivity contribution in [3.8, 4) is 5.75 Å². The van der Waals surface area contributed by atoms with Gasteiger partial charge in [-0.3, -0.25) is 0 Å². The van der Waals surface area contributed by atoms with E-state index in [4.69, 9.17) is 11.6 Å². The zero-order chi connectivity index (χ0) is 16.8. The summed E-state index contributed by atoms with van der Waals surface area (Å²) in [5.74, 6) is 0.269.